The second kappa shape index (κ2) is 10.7. The molecule has 0 spiro atoms. The fraction of sp³-hybridized carbons (Fsp3) is 0.588. The van der Waals surface area contributed by atoms with Gasteiger partial charge in [-0.15, -0.1) is 0 Å². The molecule has 9 nitrogen and oxygen atoms in total. The number of amides is 1. The third-order valence-corrected chi connectivity index (χ3v) is 4.58. The van der Waals surface area contributed by atoms with Gasteiger partial charge in [-0.3, -0.25) is 4.79 Å². The third kappa shape index (κ3) is 5.81. The summed E-state index contributed by atoms with van der Waals surface area (Å²) in [5.41, 5.74) is 0.701. The normalized spacial score (nSPS) is 10.8. The maximum absolute atomic E-state index is 11.6. The Balaban J connectivity index is 2.14. The minimum Gasteiger partial charge on any atom is -0.459 e. The number of anilines is 1. The van der Waals surface area contributed by atoms with E-state index in [0.29, 0.717) is 17.3 Å². The molecular weight excluding hydrogens is 368 g/mol. The Kier molecular flexibility index (Phi) is 8.31. The molecule has 2 N–H and O–H groups in total. The van der Waals surface area contributed by atoms with Gasteiger partial charge in [0.1, 0.15) is 5.82 Å². The molecule has 2 aromatic heterocycles. The Hall–Kier alpha value is -2.36. The molecule has 0 unspecified atom stereocenters. The van der Waals surface area contributed by atoms with Crippen molar-refractivity contribution in [2.75, 3.05) is 30.8 Å². The summed E-state index contributed by atoms with van der Waals surface area (Å²) in [6.07, 6.45) is 3.73. The quantitative estimate of drug-likeness (QED) is 0.272. The zero-order valence-electron chi connectivity index (χ0n) is 15.9. The number of carbonyl (C=O) groups excluding carboxylic acids is 2. The summed E-state index contributed by atoms with van der Waals surface area (Å²) in [6, 6.07) is 0. The molecule has 0 aliphatic heterocycles. The monoisotopic (exact) mass is 394 g/mol. The Morgan fingerprint density at radius 3 is 2.70 bits per heavy atom. The van der Waals surface area contributed by atoms with Gasteiger partial charge < -0.3 is 15.4 Å². The molecule has 0 aliphatic rings. The molecular formula is C17H26N6O3S. The van der Waals surface area contributed by atoms with Gasteiger partial charge in [0.15, 0.2) is 10.8 Å². The lowest BCUT2D eigenvalue weighted by Crippen LogP contribution is -2.34. The van der Waals surface area contributed by atoms with Crippen LogP contribution >= 0.6 is 11.8 Å². The number of ether oxygens (including phenoxy) is 1. The summed E-state index contributed by atoms with van der Waals surface area (Å²) in [7, 11) is 0. The minimum atomic E-state index is -0.880. The predicted octanol–water partition coefficient (Wildman–Crippen LogP) is 1.83. The highest BCUT2D eigenvalue weighted by molar-refractivity contribution is 7.99. The molecule has 0 saturated heterocycles. The van der Waals surface area contributed by atoms with E-state index in [2.05, 4.69) is 44.3 Å². The van der Waals surface area contributed by atoms with Crippen LogP contribution in [0.4, 0.5) is 5.82 Å². The molecule has 0 radical (unpaired) electrons. The second-order valence-electron chi connectivity index (χ2n) is 5.71. The SMILES string of the molecule is CCCNc1nc(SCCC)nc2c1cnn2CCNC(=O)C(=O)OCC. The van der Waals surface area contributed by atoms with E-state index in [1.807, 2.05) is 0 Å². The predicted molar refractivity (Wildman–Crippen MR) is 105 cm³/mol. The van der Waals surface area contributed by atoms with Gasteiger partial charge in [-0.1, -0.05) is 25.6 Å². The van der Waals surface area contributed by atoms with Gasteiger partial charge in [0.05, 0.1) is 24.7 Å². The molecule has 27 heavy (non-hydrogen) atoms. The molecule has 2 aromatic rings. The lowest BCUT2D eigenvalue weighted by Gasteiger charge is -2.09. The van der Waals surface area contributed by atoms with Crippen molar-refractivity contribution in [3.05, 3.63) is 6.20 Å². The topological polar surface area (TPSA) is 111 Å². The van der Waals surface area contributed by atoms with Crippen LogP contribution in [0.1, 0.15) is 33.6 Å². The number of nitrogens with zero attached hydrogens (tertiary/aromatic N) is 4. The lowest BCUT2D eigenvalue weighted by atomic mass is 10.3. The lowest BCUT2D eigenvalue weighted by molar-refractivity contribution is -0.154. The van der Waals surface area contributed by atoms with Crippen molar-refractivity contribution in [3.63, 3.8) is 0 Å². The van der Waals surface area contributed by atoms with E-state index >= 15 is 0 Å². The highest BCUT2D eigenvalue weighted by Crippen LogP contribution is 2.24. The summed E-state index contributed by atoms with van der Waals surface area (Å²) < 4.78 is 6.37. The van der Waals surface area contributed by atoms with E-state index in [4.69, 9.17) is 0 Å². The van der Waals surface area contributed by atoms with Gasteiger partial charge in [-0.05, 0) is 19.8 Å². The molecule has 0 aromatic carbocycles. The van der Waals surface area contributed by atoms with Crippen LogP contribution in [0.3, 0.4) is 0 Å². The summed E-state index contributed by atoms with van der Waals surface area (Å²) in [6.45, 7) is 7.46. The molecule has 0 aliphatic carbocycles. The van der Waals surface area contributed by atoms with Crippen molar-refractivity contribution in [2.45, 2.75) is 45.3 Å². The number of aromatic nitrogens is 4. The van der Waals surface area contributed by atoms with Crippen LogP contribution in [0.5, 0.6) is 0 Å². The molecule has 10 heteroatoms. The molecule has 0 saturated carbocycles. The van der Waals surface area contributed by atoms with Gasteiger partial charge in [0.25, 0.3) is 0 Å². The van der Waals surface area contributed by atoms with Crippen LogP contribution in [0, 0.1) is 0 Å². The van der Waals surface area contributed by atoms with Crippen molar-refractivity contribution >= 4 is 40.5 Å². The summed E-state index contributed by atoms with van der Waals surface area (Å²) in [4.78, 5) is 32.2. The highest BCUT2D eigenvalue weighted by atomic mass is 32.2. The number of hydrogen-bond donors (Lipinski definition) is 2. The standard InChI is InChI=1S/C17H26N6O3S/c1-4-7-18-13-12-11-20-23(9-8-19-15(24)16(25)26-6-3)14(12)22-17(21-13)27-10-5-2/h11H,4-10H2,1-3H3,(H,19,24)(H,18,21,22). The molecule has 0 fully saturated rings. The largest absolute Gasteiger partial charge is 0.459 e. The first-order valence-electron chi connectivity index (χ1n) is 9.15. The third-order valence-electron chi connectivity index (χ3n) is 3.52. The summed E-state index contributed by atoms with van der Waals surface area (Å²) >= 11 is 1.60. The van der Waals surface area contributed by atoms with Crippen LogP contribution in [0.15, 0.2) is 11.4 Å². The van der Waals surface area contributed by atoms with E-state index in [1.54, 1.807) is 29.6 Å². The summed E-state index contributed by atoms with van der Waals surface area (Å²) in [5.74, 6) is 0.0618. The van der Waals surface area contributed by atoms with Crippen LogP contribution in [0.2, 0.25) is 0 Å². The number of nitrogens with one attached hydrogen (secondary N) is 2. The zero-order chi connectivity index (χ0) is 19.6. The number of fused-ring (bicyclic) bond motifs is 1. The second-order valence-corrected chi connectivity index (χ2v) is 6.77. The number of hydrogen-bond acceptors (Lipinski definition) is 8. The van der Waals surface area contributed by atoms with Crippen LogP contribution < -0.4 is 10.6 Å². The number of carbonyl (C=O) groups is 2. The van der Waals surface area contributed by atoms with E-state index in [-0.39, 0.29) is 13.2 Å². The molecule has 2 rings (SSSR count). The van der Waals surface area contributed by atoms with Crippen molar-refractivity contribution in [1.82, 2.24) is 25.1 Å². The highest BCUT2D eigenvalue weighted by Gasteiger charge is 2.16. The Labute approximate surface area is 162 Å². The maximum Gasteiger partial charge on any atom is 0.396 e. The van der Waals surface area contributed by atoms with Gasteiger partial charge in [-0.2, -0.15) is 5.10 Å². The average Bonchev–Trinajstić information content (AvgIpc) is 3.07. The first-order chi connectivity index (χ1) is 13.1. The number of rotatable bonds is 10. The average molecular weight is 395 g/mol. The molecule has 1 amide bonds. The van der Waals surface area contributed by atoms with Crippen LogP contribution in [-0.4, -0.2) is 57.1 Å². The maximum atomic E-state index is 11.6. The Bertz CT molecular complexity index is 779. The molecule has 2 heterocycles. The molecule has 0 atom stereocenters. The van der Waals surface area contributed by atoms with E-state index < -0.39 is 11.9 Å². The fourth-order valence-electron chi connectivity index (χ4n) is 2.28. The van der Waals surface area contributed by atoms with E-state index in [0.717, 1.165) is 36.3 Å². The van der Waals surface area contributed by atoms with Gasteiger partial charge in [-0.25, -0.2) is 19.4 Å². The van der Waals surface area contributed by atoms with Crippen molar-refractivity contribution < 1.29 is 14.3 Å². The first kappa shape index (κ1) is 20.9. The Morgan fingerprint density at radius 2 is 2.00 bits per heavy atom. The smallest absolute Gasteiger partial charge is 0.396 e. The van der Waals surface area contributed by atoms with Crippen molar-refractivity contribution in [2.24, 2.45) is 0 Å². The minimum absolute atomic E-state index is 0.165. The van der Waals surface area contributed by atoms with Gasteiger partial charge in [0.2, 0.25) is 0 Å². The molecule has 0 bridgehead atoms. The first-order valence-corrected chi connectivity index (χ1v) is 10.1. The van der Waals surface area contributed by atoms with Gasteiger partial charge in [0, 0.05) is 18.8 Å². The number of thioether (sulfide) groups is 1. The fourth-order valence-corrected chi connectivity index (χ4v) is 2.97. The summed E-state index contributed by atoms with van der Waals surface area (Å²) in [5, 5.41) is 11.7. The van der Waals surface area contributed by atoms with Crippen molar-refractivity contribution in [1.29, 1.82) is 0 Å². The van der Waals surface area contributed by atoms with Gasteiger partial charge >= 0.3 is 11.9 Å². The number of esters is 1. The zero-order valence-corrected chi connectivity index (χ0v) is 16.8. The Morgan fingerprint density at radius 1 is 1.19 bits per heavy atom. The van der Waals surface area contributed by atoms with Crippen molar-refractivity contribution in [3.8, 4) is 0 Å². The van der Waals surface area contributed by atoms with E-state index in [9.17, 15) is 9.59 Å². The van der Waals surface area contributed by atoms with Crippen LogP contribution in [0.25, 0.3) is 11.0 Å². The van der Waals surface area contributed by atoms with Crippen LogP contribution in [-0.2, 0) is 20.9 Å². The van der Waals surface area contributed by atoms with E-state index in [1.165, 1.54) is 0 Å². The molecule has 148 valence electrons.